The van der Waals surface area contributed by atoms with Gasteiger partial charge in [0.1, 0.15) is 5.82 Å². The molecule has 6 heteroatoms. The van der Waals surface area contributed by atoms with E-state index in [4.69, 9.17) is 0 Å². The van der Waals surface area contributed by atoms with E-state index in [2.05, 4.69) is 33.9 Å². The van der Waals surface area contributed by atoms with E-state index in [9.17, 15) is 4.79 Å². The smallest absolute Gasteiger partial charge is 0.221 e. The van der Waals surface area contributed by atoms with E-state index < -0.39 is 0 Å². The second-order valence-corrected chi connectivity index (χ2v) is 8.16. The molecule has 2 fully saturated rings. The highest BCUT2D eigenvalue weighted by Gasteiger charge is 2.30. The van der Waals surface area contributed by atoms with Gasteiger partial charge in [-0.1, -0.05) is 44.9 Å². The molecule has 0 radical (unpaired) electrons. The predicted octanol–water partition coefficient (Wildman–Crippen LogP) is 3.67. The van der Waals surface area contributed by atoms with Crippen LogP contribution in [0.25, 0.3) is 0 Å². The zero-order chi connectivity index (χ0) is 16.2. The molecule has 1 heterocycles. The minimum Gasteiger partial charge on any atom is -0.353 e. The lowest BCUT2D eigenvalue weighted by molar-refractivity contribution is -0.121. The Morgan fingerprint density at radius 3 is 2.61 bits per heavy atom. The molecular weight excluding hydrogens is 308 g/mol. The van der Waals surface area contributed by atoms with Crippen LogP contribution in [-0.4, -0.2) is 32.5 Å². The van der Waals surface area contributed by atoms with Gasteiger partial charge in [-0.3, -0.25) is 4.79 Å². The summed E-state index contributed by atoms with van der Waals surface area (Å²) in [6, 6.07) is 0.991. The molecular formula is C17H28N4OS. The summed E-state index contributed by atoms with van der Waals surface area (Å²) in [4.78, 5) is 12.1. The Kier molecular flexibility index (Phi) is 5.62. The third kappa shape index (κ3) is 4.49. The summed E-state index contributed by atoms with van der Waals surface area (Å²) in [5.41, 5.74) is 0. The zero-order valence-corrected chi connectivity index (χ0v) is 15.1. The lowest BCUT2D eigenvalue weighted by Gasteiger charge is -2.22. The molecule has 0 atom stereocenters. The summed E-state index contributed by atoms with van der Waals surface area (Å²) in [5, 5.41) is 12.9. The molecule has 2 aliphatic rings. The molecule has 0 aliphatic heterocycles. The molecule has 23 heavy (non-hydrogen) atoms. The first-order valence-corrected chi connectivity index (χ1v) is 10.0. The van der Waals surface area contributed by atoms with Crippen LogP contribution in [0.3, 0.4) is 0 Å². The van der Waals surface area contributed by atoms with Crippen LogP contribution in [0.1, 0.15) is 83.0 Å². The number of nitrogens with zero attached hydrogens (tertiary/aromatic N) is 3. The fourth-order valence-corrected chi connectivity index (χ4v) is 4.19. The van der Waals surface area contributed by atoms with Crippen molar-refractivity contribution in [1.29, 1.82) is 0 Å². The first-order valence-electron chi connectivity index (χ1n) is 9.02. The van der Waals surface area contributed by atoms with Crippen molar-refractivity contribution in [3.63, 3.8) is 0 Å². The van der Waals surface area contributed by atoms with Gasteiger partial charge >= 0.3 is 0 Å². The van der Waals surface area contributed by atoms with E-state index in [0.29, 0.717) is 24.4 Å². The maximum Gasteiger partial charge on any atom is 0.221 e. The van der Waals surface area contributed by atoms with Gasteiger partial charge in [0.15, 0.2) is 5.16 Å². The molecule has 2 aliphatic carbocycles. The molecule has 1 N–H and O–H groups in total. The highest BCUT2D eigenvalue weighted by Crippen LogP contribution is 2.40. The number of nitrogens with one attached hydrogen (secondary N) is 1. The van der Waals surface area contributed by atoms with Gasteiger partial charge in [0.05, 0.1) is 0 Å². The van der Waals surface area contributed by atoms with Crippen molar-refractivity contribution in [3.05, 3.63) is 5.82 Å². The molecule has 0 bridgehead atoms. The van der Waals surface area contributed by atoms with Crippen LogP contribution in [-0.2, 0) is 4.79 Å². The minimum absolute atomic E-state index is 0.186. The lowest BCUT2D eigenvalue weighted by Crippen LogP contribution is -2.36. The monoisotopic (exact) mass is 336 g/mol. The maximum absolute atomic E-state index is 12.1. The molecule has 2 saturated carbocycles. The van der Waals surface area contributed by atoms with Crippen molar-refractivity contribution < 1.29 is 4.79 Å². The first kappa shape index (κ1) is 16.8. The largest absolute Gasteiger partial charge is 0.353 e. The average molecular weight is 337 g/mol. The second-order valence-electron chi connectivity index (χ2n) is 7.10. The fourth-order valence-electron chi connectivity index (χ4n) is 3.24. The van der Waals surface area contributed by atoms with Crippen molar-refractivity contribution in [2.45, 2.75) is 88.4 Å². The quantitative estimate of drug-likeness (QED) is 0.772. The van der Waals surface area contributed by atoms with E-state index in [1.54, 1.807) is 11.8 Å². The number of rotatable bonds is 7. The number of carbonyl (C=O) groups is 1. The SMILES string of the molecule is CC(C)c1nnc(SCCC(=O)NC2CCCCC2)n1C1CC1. The number of hydrogen-bond donors (Lipinski definition) is 1. The summed E-state index contributed by atoms with van der Waals surface area (Å²) in [5.74, 6) is 2.45. The van der Waals surface area contributed by atoms with E-state index in [-0.39, 0.29) is 5.91 Å². The van der Waals surface area contributed by atoms with Crippen LogP contribution < -0.4 is 5.32 Å². The number of aromatic nitrogens is 3. The molecule has 128 valence electrons. The molecule has 5 nitrogen and oxygen atoms in total. The van der Waals surface area contributed by atoms with E-state index in [0.717, 1.165) is 29.6 Å². The van der Waals surface area contributed by atoms with Crippen molar-refractivity contribution in [1.82, 2.24) is 20.1 Å². The minimum atomic E-state index is 0.186. The molecule has 0 aromatic carbocycles. The van der Waals surface area contributed by atoms with Gasteiger partial charge in [-0.15, -0.1) is 10.2 Å². The predicted molar refractivity (Wildman–Crippen MR) is 92.7 cm³/mol. The number of thioether (sulfide) groups is 1. The number of carbonyl (C=O) groups excluding carboxylic acids is 1. The third-order valence-corrected chi connectivity index (χ3v) is 5.59. The highest BCUT2D eigenvalue weighted by molar-refractivity contribution is 7.99. The average Bonchev–Trinajstić information content (AvgIpc) is 3.28. The Morgan fingerprint density at radius 1 is 1.22 bits per heavy atom. The summed E-state index contributed by atoms with van der Waals surface area (Å²) in [7, 11) is 0. The van der Waals surface area contributed by atoms with Gasteiger partial charge < -0.3 is 9.88 Å². The van der Waals surface area contributed by atoms with E-state index in [1.807, 2.05) is 0 Å². The molecule has 3 rings (SSSR count). The Bertz CT molecular complexity index is 533. The van der Waals surface area contributed by atoms with Crippen molar-refractivity contribution in [2.75, 3.05) is 5.75 Å². The zero-order valence-electron chi connectivity index (χ0n) is 14.3. The lowest BCUT2D eigenvalue weighted by atomic mass is 9.95. The highest BCUT2D eigenvalue weighted by atomic mass is 32.2. The van der Waals surface area contributed by atoms with Crippen LogP contribution in [0, 0.1) is 0 Å². The van der Waals surface area contributed by atoms with Gasteiger partial charge in [-0.05, 0) is 25.7 Å². The summed E-state index contributed by atoms with van der Waals surface area (Å²) in [6.45, 7) is 4.32. The van der Waals surface area contributed by atoms with Crippen LogP contribution >= 0.6 is 11.8 Å². The maximum atomic E-state index is 12.1. The second kappa shape index (κ2) is 7.69. The number of hydrogen-bond acceptors (Lipinski definition) is 4. The topological polar surface area (TPSA) is 59.8 Å². The van der Waals surface area contributed by atoms with Gasteiger partial charge in [-0.2, -0.15) is 0 Å². The third-order valence-electron chi connectivity index (χ3n) is 4.65. The number of amides is 1. The fraction of sp³-hybridized carbons (Fsp3) is 0.824. The molecule has 0 saturated heterocycles. The Morgan fingerprint density at radius 2 is 1.96 bits per heavy atom. The summed E-state index contributed by atoms with van der Waals surface area (Å²) < 4.78 is 2.30. The van der Waals surface area contributed by atoms with Crippen LogP contribution in [0.2, 0.25) is 0 Å². The molecule has 0 unspecified atom stereocenters. The van der Waals surface area contributed by atoms with E-state index in [1.165, 1.54) is 32.1 Å². The Labute approximate surface area is 143 Å². The molecule has 0 spiro atoms. The van der Waals surface area contributed by atoms with E-state index >= 15 is 0 Å². The Hall–Kier alpha value is -1.04. The van der Waals surface area contributed by atoms with Crippen LogP contribution in [0.15, 0.2) is 5.16 Å². The van der Waals surface area contributed by atoms with Gasteiger partial charge in [-0.25, -0.2) is 0 Å². The van der Waals surface area contributed by atoms with Crippen molar-refractivity contribution in [2.24, 2.45) is 0 Å². The van der Waals surface area contributed by atoms with Gasteiger partial charge in [0, 0.05) is 30.2 Å². The summed E-state index contributed by atoms with van der Waals surface area (Å²) >= 11 is 1.67. The van der Waals surface area contributed by atoms with Gasteiger partial charge in [0.2, 0.25) is 5.91 Å². The standard InChI is InChI=1S/C17H28N4OS/c1-12(2)16-19-20-17(21(16)14-8-9-14)23-11-10-15(22)18-13-6-4-3-5-7-13/h12-14H,3-11H2,1-2H3,(H,18,22). The van der Waals surface area contributed by atoms with Crippen LogP contribution in [0.5, 0.6) is 0 Å². The molecule has 1 aromatic heterocycles. The van der Waals surface area contributed by atoms with Crippen molar-refractivity contribution >= 4 is 17.7 Å². The summed E-state index contributed by atoms with van der Waals surface area (Å²) in [6.07, 6.45) is 9.14. The van der Waals surface area contributed by atoms with Crippen molar-refractivity contribution in [3.8, 4) is 0 Å². The normalized spacial score (nSPS) is 19.3. The first-order chi connectivity index (χ1) is 11.1. The molecule has 1 aromatic rings. The molecule has 1 amide bonds. The van der Waals surface area contributed by atoms with Crippen LogP contribution in [0.4, 0.5) is 0 Å². The Balaban J connectivity index is 1.47. The van der Waals surface area contributed by atoms with Gasteiger partial charge in [0.25, 0.3) is 0 Å².